The zero-order valence-electron chi connectivity index (χ0n) is 10.5. The summed E-state index contributed by atoms with van der Waals surface area (Å²) in [6.45, 7) is 0.207. The average molecular weight is 293 g/mol. The molecule has 2 fully saturated rings. The van der Waals surface area contributed by atoms with Crippen LogP contribution in [-0.4, -0.2) is 72.5 Å². The molecule has 2 saturated heterocycles. The third-order valence-electron chi connectivity index (χ3n) is 3.22. The topological polar surface area (TPSA) is 107 Å². The molecule has 9 nitrogen and oxygen atoms in total. The molecule has 3 amide bonds. The number of piperidine rings is 1. The number of nitrogens with zero attached hydrogens (tertiary/aromatic N) is 3. The van der Waals surface area contributed by atoms with Gasteiger partial charge in [0, 0.05) is 20.6 Å². The van der Waals surface area contributed by atoms with Crippen LogP contribution in [0.5, 0.6) is 0 Å². The molecule has 2 atom stereocenters. The van der Waals surface area contributed by atoms with Crippen LogP contribution in [0.1, 0.15) is 12.8 Å². The minimum Gasteiger partial charge on any atom is -0.347 e. The van der Waals surface area contributed by atoms with Crippen LogP contribution in [0.2, 0.25) is 0 Å². The first kappa shape index (κ1) is 14.0. The van der Waals surface area contributed by atoms with Crippen molar-refractivity contribution in [1.29, 1.82) is 0 Å². The van der Waals surface area contributed by atoms with Crippen molar-refractivity contribution < 1.29 is 26.8 Å². The monoisotopic (exact) mass is 293 g/mol. The summed E-state index contributed by atoms with van der Waals surface area (Å²) in [6, 6.07) is -1.81. The molecule has 2 aliphatic heterocycles. The Labute approximate surface area is 110 Å². The minimum absolute atomic E-state index is 0.207. The van der Waals surface area contributed by atoms with Gasteiger partial charge in [-0.2, -0.15) is 13.5 Å². The predicted octanol–water partition coefficient (Wildman–Crippen LogP) is -0.922. The van der Waals surface area contributed by atoms with Gasteiger partial charge < -0.3 is 9.80 Å². The molecule has 108 valence electrons. The van der Waals surface area contributed by atoms with Crippen LogP contribution in [-0.2, 0) is 19.5 Å². The summed E-state index contributed by atoms with van der Waals surface area (Å²) >= 11 is 0. The summed E-state index contributed by atoms with van der Waals surface area (Å²) in [5, 5.41) is 0.623. The summed E-state index contributed by atoms with van der Waals surface area (Å²) < 4.78 is 34.3. The molecule has 19 heavy (non-hydrogen) atoms. The summed E-state index contributed by atoms with van der Waals surface area (Å²) in [4.78, 5) is 26.6. The number of carbonyl (C=O) groups excluding carboxylic acids is 2. The lowest BCUT2D eigenvalue weighted by Crippen LogP contribution is -2.49. The first-order valence-corrected chi connectivity index (χ1v) is 7.05. The normalized spacial score (nSPS) is 26.8. The molecule has 0 aromatic carbocycles. The number of hydroxylamine groups is 2. The number of rotatable bonds is 3. The van der Waals surface area contributed by atoms with E-state index in [2.05, 4.69) is 4.28 Å². The number of urea groups is 1. The molecule has 0 aliphatic carbocycles. The van der Waals surface area contributed by atoms with E-state index in [0.29, 0.717) is 17.9 Å². The van der Waals surface area contributed by atoms with Gasteiger partial charge in [-0.15, -0.1) is 4.28 Å². The second kappa shape index (κ2) is 4.62. The maximum atomic E-state index is 12.0. The van der Waals surface area contributed by atoms with Crippen molar-refractivity contribution in [3.63, 3.8) is 0 Å². The predicted molar refractivity (Wildman–Crippen MR) is 62.1 cm³/mol. The highest BCUT2D eigenvalue weighted by molar-refractivity contribution is 7.80. The molecule has 0 unspecified atom stereocenters. The molecule has 0 saturated carbocycles. The third-order valence-corrected chi connectivity index (χ3v) is 3.57. The van der Waals surface area contributed by atoms with Gasteiger partial charge in [-0.25, -0.2) is 4.79 Å². The van der Waals surface area contributed by atoms with E-state index >= 15 is 0 Å². The molecule has 1 N–H and O–H groups in total. The smallest absolute Gasteiger partial charge is 0.347 e. The fourth-order valence-electron chi connectivity index (χ4n) is 2.39. The first-order chi connectivity index (χ1) is 8.70. The molecule has 0 spiro atoms. The van der Waals surface area contributed by atoms with E-state index in [1.54, 1.807) is 14.1 Å². The summed E-state index contributed by atoms with van der Waals surface area (Å²) in [6.07, 6.45) is 0.862. The van der Waals surface area contributed by atoms with Crippen LogP contribution in [0.15, 0.2) is 0 Å². The van der Waals surface area contributed by atoms with Crippen molar-refractivity contribution >= 4 is 22.3 Å². The zero-order chi connectivity index (χ0) is 14.4. The second-order valence-electron chi connectivity index (χ2n) is 4.74. The van der Waals surface area contributed by atoms with Crippen LogP contribution >= 0.6 is 0 Å². The molecule has 2 aliphatic rings. The van der Waals surface area contributed by atoms with E-state index in [4.69, 9.17) is 4.55 Å². The lowest BCUT2D eigenvalue weighted by molar-refractivity contribution is -0.134. The van der Waals surface area contributed by atoms with Crippen LogP contribution in [0.25, 0.3) is 0 Å². The van der Waals surface area contributed by atoms with Crippen molar-refractivity contribution in [2.24, 2.45) is 0 Å². The number of likely N-dealkylation sites (N-methyl/N-ethyl adjacent to an activating group) is 1. The van der Waals surface area contributed by atoms with Crippen molar-refractivity contribution in [3.8, 4) is 0 Å². The van der Waals surface area contributed by atoms with Gasteiger partial charge in [0.15, 0.2) is 0 Å². The summed E-state index contributed by atoms with van der Waals surface area (Å²) in [5.74, 6) is -0.222. The quantitative estimate of drug-likeness (QED) is 0.674. The Morgan fingerprint density at radius 1 is 1.42 bits per heavy atom. The van der Waals surface area contributed by atoms with Crippen LogP contribution in [0.4, 0.5) is 4.79 Å². The van der Waals surface area contributed by atoms with E-state index in [9.17, 15) is 18.0 Å². The molecular weight excluding hydrogens is 278 g/mol. The van der Waals surface area contributed by atoms with Gasteiger partial charge in [0.1, 0.15) is 6.04 Å². The maximum absolute atomic E-state index is 12.0. The zero-order valence-corrected chi connectivity index (χ0v) is 11.3. The molecule has 0 aromatic heterocycles. The average Bonchev–Trinajstić information content (AvgIpc) is 2.52. The Morgan fingerprint density at radius 3 is 2.58 bits per heavy atom. The number of fused-ring (bicyclic) bond motifs is 2. The van der Waals surface area contributed by atoms with Crippen molar-refractivity contribution in [2.75, 3.05) is 20.6 Å². The number of hydrogen-bond acceptors (Lipinski definition) is 5. The van der Waals surface area contributed by atoms with E-state index in [1.807, 2.05) is 0 Å². The summed E-state index contributed by atoms with van der Waals surface area (Å²) in [5.41, 5.74) is 0. The van der Waals surface area contributed by atoms with Crippen molar-refractivity contribution in [3.05, 3.63) is 0 Å². The highest BCUT2D eigenvalue weighted by atomic mass is 32.3. The Bertz CT molecular complexity index is 504. The Balaban J connectivity index is 2.18. The van der Waals surface area contributed by atoms with Gasteiger partial charge >= 0.3 is 16.4 Å². The Kier molecular flexibility index (Phi) is 3.41. The fourth-order valence-corrected chi connectivity index (χ4v) is 2.77. The minimum atomic E-state index is -4.75. The highest BCUT2D eigenvalue weighted by Gasteiger charge is 2.49. The molecular formula is C9H15N3O6S. The SMILES string of the molecule is CN(C)C(=O)[C@@H]1CC[C@@H]2CN1C(=O)N2OS(=O)(=O)O. The van der Waals surface area contributed by atoms with E-state index in [-0.39, 0.29) is 12.5 Å². The van der Waals surface area contributed by atoms with E-state index in [1.165, 1.54) is 9.80 Å². The fraction of sp³-hybridized carbons (Fsp3) is 0.778. The molecule has 10 heteroatoms. The van der Waals surface area contributed by atoms with Gasteiger partial charge in [0.05, 0.1) is 6.04 Å². The van der Waals surface area contributed by atoms with Gasteiger partial charge in [-0.05, 0) is 12.8 Å². The Morgan fingerprint density at radius 2 is 2.05 bits per heavy atom. The third kappa shape index (κ3) is 2.65. The lowest BCUT2D eigenvalue weighted by atomic mass is 10.00. The Hall–Kier alpha value is -1.39. The van der Waals surface area contributed by atoms with Crippen LogP contribution < -0.4 is 0 Å². The summed E-state index contributed by atoms with van der Waals surface area (Å²) in [7, 11) is -1.58. The lowest BCUT2D eigenvalue weighted by Gasteiger charge is -2.31. The maximum Gasteiger partial charge on any atom is 0.418 e. The molecule has 2 heterocycles. The standard InChI is InChI=1S/C9H15N3O6S/c1-10(2)8(13)7-4-3-6-5-11(7)9(14)12(6)18-19(15,16)17/h6-7H,3-5H2,1-2H3,(H,15,16,17)/t6-,7+/m1/s1. The van der Waals surface area contributed by atoms with E-state index < -0.39 is 28.5 Å². The van der Waals surface area contributed by atoms with Gasteiger partial charge in [-0.1, -0.05) is 0 Å². The molecule has 2 rings (SSSR count). The van der Waals surface area contributed by atoms with Gasteiger partial charge in [0.25, 0.3) is 0 Å². The van der Waals surface area contributed by atoms with Crippen LogP contribution in [0, 0.1) is 0 Å². The van der Waals surface area contributed by atoms with Gasteiger partial charge in [0.2, 0.25) is 5.91 Å². The van der Waals surface area contributed by atoms with E-state index in [0.717, 1.165) is 0 Å². The molecule has 0 radical (unpaired) electrons. The first-order valence-electron chi connectivity index (χ1n) is 5.68. The highest BCUT2D eigenvalue weighted by Crippen LogP contribution is 2.31. The molecule has 2 bridgehead atoms. The number of carbonyl (C=O) groups is 2. The van der Waals surface area contributed by atoms with Gasteiger partial charge in [-0.3, -0.25) is 9.35 Å². The van der Waals surface area contributed by atoms with Crippen molar-refractivity contribution in [1.82, 2.24) is 14.9 Å². The molecule has 0 aromatic rings. The largest absolute Gasteiger partial charge is 0.418 e. The number of amides is 3. The van der Waals surface area contributed by atoms with Crippen LogP contribution in [0.3, 0.4) is 0 Å². The number of hydrogen-bond donors (Lipinski definition) is 1. The van der Waals surface area contributed by atoms with Crippen molar-refractivity contribution in [2.45, 2.75) is 24.9 Å². The second-order valence-corrected chi connectivity index (χ2v) is 5.75.